The monoisotopic (exact) mass is 225 g/mol. The molecule has 3 heteroatoms. The first-order chi connectivity index (χ1) is 8.09. The smallest absolute Gasteiger partial charge is 0.131 e. The number of hydrogen-bond donors (Lipinski definition) is 1. The fourth-order valence-corrected chi connectivity index (χ4v) is 2.74. The Morgan fingerprint density at radius 2 is 1.94 bits per heavy atom. The Hall–Kier alpha value is -1.90. The fraction of sp³-hybridized carbons (Fsp3) is 0.286. The minimum atomic E-state index is -0.00493. The van der Waals surface area contributed by atoms with Crippen LogP contribution >= 0.6 is 0 Å². The van der Waals surface area contributed by atoms with Gasteiger partial charge in [-0.1, -0.05) is 38.1 Å². The van der Waals surface area contributed by atoms with E-state index in [9.17, 15) is 0 Å². The first-order valence-corrected chi connectivity index (χ1v) is 5.79. The third-order valence-electron chi connectivity index (χ3n) is 3.46. The van der Waals surface area contributed by atoms with E-state index in [1.807, 2.05) is 6.07 Å². The van der Waals surface area contributed by atoms with Crippen molar-refractivity contribution in [3.63, 3.8) is 0 Å². The highest BCUT2D eigenvalue weighted by atomic mass is 14.9. The van der Waals surface area contributed by atoms with Gasteiger partial charge in [0, 0.05) is 11.1 Å². The quantitative estimate of drug-likeness (QED) is 0.749. The van der Waals surface area contributed by atoms with Crippen LogP contribution in [0.15, 0.2) is 30.6 Å². The first kappa shape index (κ1) is 10.3. The number of nitrogens with two attached hydrogens (primary N) is 1. The number of benzene rings is 1. The summed E-state index contributed by atoms with van der Waals surface area (Å²) in [5.41, 5.74) is 10.6. The van der Waals surface area contributed by atoms with Crippen molar-refractivity contribution in [2.75, 3.05) is 5.73 Å². The van der Waals surface area contributed by atoms with E-state index >= 15 is 0 Å². The number of rotatable bonds is 0. The Kier molecular flexibility index (Phi) is 1.99. The molecule has 0 saturated heterocycles. The normalized spacial score (nSPS) is 16.1. The standard InChI is InChI=1S/C14H15N3/c1-14(2)7-9-5-3-4-6-10(9)12-11(14)13(15)17-8-16-12/h3-6,8H,7H2,1-2H3,(H2,15,16,17). The van der Waals surface area contributed by atoms with Gasteiger partial charge >= 0.3 is 0 Å². The van der Waals surface area contributed by atoms with Crippen LogP contribution in [-0.4, -0.2) is 9.97 Å². The van der Waals surface area contributed by atoms with Gasteiger partial charge < -0.3 is 5.73 Å². The fourth-order valence-electron chi connectivity index (χ4n) is 2.74. The highest BCUT2D eigenvalue weighted by Crippen LogP contribution is 2.43. The third kappa shape index (κ3) is 1.42. The summed E-state index contributed by atoms with van der Waals surface area (Å²) < 4.78 is 0. The molecule has 0 radical (unpaired) electrons. The molecule has 3 rings (SSSR count). The molecule has 86 valence electrons. The van der Waals surface area contributed by atoms with Gasteiger partial charge in [-0.15, -0.1) is 0 Å². The summed E-state index contributed by atoms with van der Waals surface area (Å²) in [4.78, 5) is 8.55. The second-order valence-electron chi connectivity index (χ2n) is 5.20. The average molecular weight is 225 g/mol. The predicted octanol–water partition coefficient (Wildman–Crippen LogP) is 2.56. The van der Waals surface area contributed by atoms with Gasteiger partial charge in [-0.3, -0.25) is 0 Å². The van der Waals surface area contributed by atoms with Gasteiger partial charge in [-0.2, -0.15) is 0 Å². The SMILES string of the molecule is CC1(C)Cc2ccccc2-c2ncnc(N)c21. The summed E-state index contributed by atoms with van der Waals surface area (Å²) in [5, 5.41) is 0. The van der Waals surface area contributed by atoms with E-state index in [-0.39, 0.29) is 5.41 Å². The van der Waals surface area contributed by atoms with Crippen LogP contribution in [0.25, 0.3) is 11.3 Å². The van der Waals surface area contributed by atoms with Crippen molar-refractivity contribution < 1.29 is 0 Å². The molecule has 0 bridgehead atoms. The number of aromatic nitrogens is 2. The average Bonchev–Trinajstić information content (AvgIpc) is 2.28. The molecule has 1 aliphatic rings. The molecule has 1 aromatic carbocycles. The Labute approximate surface area is 101 Å². The summed E-state index contributed by atoms with van der Waals surface area (Å²) in [6.45, 7) is 4.39. The molecule has 2 N–H and O–H groups in total. The maximum Gasteiger partial charge on any atom is 0.131 e. The van der Waals surface area contributed by atoms with Gasteiger partial charge in [0.05, 0.1) is 5.69 Å². The molecule has 2 aromatic rings. The third-order valence-corrected chi connectivity index (χ3v) is 3.46. The zero-order chi connectivity index (χ0) is 12.0. The molecule has 17 heavy (non-hydrogen) atoms. The maximum atomic E-state index is 6.02. The van der Waals surface area contributed by atoms with E-state index in [1.165, 1.54) is 11.1 Å². The zero-order valence-electron chi connectivity index (χ0n) is 10.1. The van der Waals surface area contributed by atoms with Crippen LogP contribution in [0.1, 0.15) is 25.0 Å². The molecule has 0 atom stereocenters. The highest BCUT2D eigenvalue weighted by molar-refractivity contribution is 5.75. The van der Waals surface area contributed by atoms with Crippen LogP contribution in [0.3, 0.4) is 0 Å². The molecule has 1 aromatic heterocycles. The Balaban J connectivity index is 2.37. The van der Waals surface area contributed by atoms with Crippen molar-refractivity contribution in [3.8, 4) is 11.3 Å². The van der Waals surface area contributed by atoms with E-state index in [0.717, 1.165) is 17.7 Å². The van der Waals surface area contributed by atoms with Crippen molar-refractivity contribution in [2.24, 2.45) is 0 Å². The summed E-state index contributed by atoms with van der Waals surface area (Å²) in [7, 11) is 0. The largest absolute Gasteiger partial charge is 0.383 e. The second kappa shape index (κ2) is 3.29. The van der Waals surface area contributed by atoms with Crippen LogP contribution in [-0.2, 0) is 11.8 Å². The van der Waals surface area contributed by atoms with Gasteiger partial charge in [-0.25, -0.2) is 9.97 Å². The van der Waals surface area contributed by atoms with Crippen molar-refractivity contribution in [2.45, 2.75) is 25.7 Å². The van der Waals surface area contributed by atoms with Crippen LogP contribution in [0, 0.1) is 0 Å². The summed E-state index contributed by atoms with van der Waals surface area (Å²) >= 11 is 0. The van der Waals surface area contributed by atoms with Crippen molar-refractivity contribution in [3.05, 3.63) is 41.7 Å². The minimum Gasteiger partial charge on any atom is -0.383 e. The number of fused-ring (bicyclic) bond motifs is 3. The lowest BCUT2D eigenvalue weighted by atomic mass is 9.72. The molecule has 0 aliphatic heterocycles. The number of nitrogens with zero attached hydrogens (tertiary/aromatic N) is 2. The van der Waals surface area contributed by atoms with Crippen LogP contribution in [0.5, 0.6) is 0 Å². The molecule has 1 aliphatic carbocycles. The second-order valence-corrected chi connectivity index (χ2v) is 5.20. The van der Waals surface area contributed by atoms with Crippen LogP contribution in [0.4, 0.5) is 5.82 Å². The van der Waals surface area contributed by atoms with E-state index in [1.54, 1.807) is 6.33 Å². The molecule has 0 saturated carbocycles. The van der Waals surface area contributed by atoms with Crippen molar-refractivity contribution >= 4 is 5.82 Å². The molecule has 0 unspecified atom stereocenters. The van der Waals surface area contributed by atoms with Crippen LogP contribution in [0.2, 0.25) is 0 Å². The lowest BCUT2D eigenvalue weighted by Crippen LogP contribution is -2.28. The van der Waals surface area contributed by atoms with E-state index in [2.05, 4.69) is 42.0 Å². The van der Waals surface area contributed by atoms with Crippen LogP contribution < -0.4 is 5.73 Å². The summed E-state index contributed by atoms with van der Waals surface area (Å²) in [6, 6.07) is 8.39. The lowest BCUT2D eigenvalue weighted by Gasteiger charge is -2.33. The zero-order valence-corrected chi connectivity index (χ0v) is 10.1. The van der Waals surface area contributed by atoms with E-state index in [0.29, 0.717) is 5.82 Å². The number of anilines is 1. The Morgan fingerprint density at radius 1 is 1.18 bits per heavy atom. The molecule has 0 fully saturated rings. The molecular weight excluding hydrogens is 210 g/mol. The Bertz CT molecular complexity index is 588. The van der Waals surface area contributed by atoms with Gasteiger partial charge in [0.1, 0.15) is 12.1 Å². The molecule has 1 heterocycles. The van der Waals surface area contributed by atoms with Gasteiger partial charge in [0.25, 0.3) is 0 Å². The summed E-state index contributed by atoms with van der Waals surface area (Å²) in [6.07, 6.45) is 2.53. The molecular formula is C14H15N3. The minimum absolute atomic E-state index is 0.00493. The first-order valence-electron chi connectivity index (χ1n) is 5.79. The van der Waals surface area contributed by atoms with E-state index < -0.39 is 0 Å². The summed E-state index contributed by atoms with van der Waals surface area (Å²) in [5.74, 6) is 0.606. The maximum absolute atomic E-state index is 6.02. The predicted molar refractivity (Wildman–Crippen MR) is 68.6 cm³/mol. The lowest BCUT2D eigenvalue weighted by molar-refractivity contribution is 0.515. The Morgan fingerprint density at radius 3 is 2.76 bits per heavy atom. The van der Waals surface area contributed by atoms with Crippen molar-refractivity contribution in [1.82, 2.24) is 9.97 Å². The topological polar surface area (TPSA) is 51.8 Å². The molecule has 3 nitrogen and oxygen atoms in total. The van der Waals surface area contributed by atoms with Gasteiger partial charge in [0.15, 0.2) is 0 Å². The van der Waals surface area contributed by atoms with E-state index in [4.69, 9.17) is 5.73 Å². The highest BCUT2D eigenvalue weighted by Gasteiger charge is 2.33. The van der Waals surface area contributed by atoms with Gasteiger partial charge in [-0.05, 0) is 17.4 Å². The number of nitrogen functional groups attached to an aromatic ring is 1. The van der Waals surface area contributed by atoms with Crippen molar-refractivity contribution in [1.29, 1.82) is 0 Å². The molecule has 0 spiro atoms. The van der Waals surface area contributed by atoms with Gasteiger partial charge in [0.2, 0.25) is 0 Å². The number of hydrogen-bond acceptors (Lipinski definition) is 3. The molecule has 0 amide bonds.